The molecule has 0 bridgehead atoms. The number of fused-ring (bicyclic) bond motifs is 1. The number of amides is 1. The van der Waals surface area contributed by atoms with Crippen LogP contribution in [0.1, 0.15) is 27.4 Å². The second kappa shape index (κ2) is 8.77. The number of hydrogen-bond acceptors (Lipinski definition) is 6. The van der Waals surface area contributed by atoms with Crippen LogP contribution in [0.25, 0.3) is 21.5 Å². The van der Waals surface area contributed by atoms with Crippen molar-refractivity contribution in [3.8, 4) is 11.3 Å². The maximum Gasteiger partial charge on any atom is 0.266 e. The lowest BCUT2D eigenvalue weighted by Crippen LogP contribution is -2.31. The number of para-hydroxylation sites is 1. The molecule has 0 aliphatic rings. The summed E-state index contributed by atoms with van der Waals surface area (Å²) in [5.74, 6) is 0.143. The molecular formula is C25H19ClN4O2S. The van der Waals surface area contributed by atoms with Gasteiger partial charge >= 0.3 is 0 Å². The van der Waals surface area contributed by atoms with E-state index in [0.29, 0.717) is 32.7 Å². The first-order chi connectivity index (χ1) is 16.0. The molecule has 8 heteroatoms. The highest BCUT2D eigenvalue weighted by Gasteiger charge is 2.30. The Morgan fingerprint density at radius 1 is 1.06 bits per heavy atom. The molecule has 164 valence electrons. The Morgan fingerprint density at radius 2 is 1.88 bits per heavy atom. The van der Waals surface area contributed by atoms with E-state index >= 15 is 0 Å². The fourth-order valence-corrected chi connectivity index (χ4v) is 4.93. The maximum atomic E-state index is 14.0. The molecule has 0 N–H and O–H groups in total. The fourth-order valence-electron chi connectivity index (χ4n) is 3.67. The molecule has 0 aliphatic carbocycles. The van der Waals surface area contributed by atoms with Crippen LogP contribution in [0.3, 0.4) is 0 Å². The zero-order chi connectivity index (χ0) is 22.9. The lowest BCUT2D eigenvalue weighted by Gasteiger charge is -2.19. The number of halogens is 1. The number of aromatic nitrogens is 3. The van der Waals surface area contributed by atoms with Crippen LogP contribution < -0.4 is 4.90 Å². The summed E-state index contributed by atoms with van der Waals surface area (Å²) in [4.78, 5) is 24.9. The highest BCUT2D eigenvalue weighted by molar-refractivity contribution is 7.22. The number of carbonyl (C=O) groups is 1. The molecule has 5 rings (SSSR count). The number of aryl methyl sites for hydroxylation is 2. The predicted octanol–water partition coefficient (Wildman–Crippen LogP) is 6.46. The average molecular weight is 475 g/mol. The Morgan fingerprint density at radius 3 is 2.64 bits per heavy atom. The van der Waals surface area contributed by atoms with Gasteiger partial charge in [-0.25, -0.2) is 4.98 Å². The van der Waals surface area contributed by atoms with E-state index < -0.39 is 0 Å². The van der Waals surface area contributed by atoms with Crippen molar-refractivity contribution in [2.45, 2.75) is 20.4 Å². The lowest BCUT2D eigenvalue weighted by atomic mass is 10.0. The number of anilines is 1. The van der Waals surface area contributed by atoms with Gasteiger partial charge in [-0.05, 0) is 43.7 Å². The standard InChI is InChI=1S/C25H19ClN4O2S/c1-15-8-7-12-20-22(15)28-25(33-20)30(14-17-9-5-6-13-27-17)24(31)21-16(2)32-29-23(21)18-10-3-4-11-19(18)26/h3-13H,14H2,1-2H3. The van der Waals surface area contributed by atoms with Crippen LogP contribution >= 0.6 is 22.9 Å². The minimum Gasteiger partial charge on any atom is -0.360 e. The van der Waals surface area contributed by atoms with Gasteiger partial charge in [0.25, 0.3) is 5.91 Å². The number of benzene rings is 2. The second-order valence-electron chi connectivity index (χ2n) is 7.57. The monoisotopic (exact) mass is 474 g/mol. The van der Waals surface area contributed by atoms with Crippen molar-refractivity contribution in [1.82, 2.24) is 15.1 Å². The van der Waals surface area contributed by atoms with Gasteiger partial charge in [0.05, 0.1) is 27.5 Å². The number of carbonyl (C=O) groups excluding carboxylic acids is 1. The molecule has 1 amide bonds. The van der Waals surface area contributed by atoms with E-state index in [2.05, 4.69) is 10.1 Å². The van der Waals surface area contributed by atoms with Crippen LogP contribution in [-0.2, 0) is 6.54 Å². The van der Waals surface area contributed by atoms with E-state index in [1.807, 2.05) is 61.5 Å². The van der Waals surface area contributed by atoms with Gasteiger partial charge in [-0.2, -0.15) is 0 Å². The molecule has 5 aromatic rings. The number of pyridine rings is 1. The molecule has 0 fully saturated rings. The van der Waals surface area contributed by atoms with Gasteiger partial charge in [0.15, 0.2) is 5.13 Å². The van der Waals surface area contributed by atoms with Gasteiger partial charge < -0.3 is 4.52 Å². The van der Waals surface area contributed by atoms with Crippen molar-refractivity contribution in [1.29, 1.82) is 0 Å². The lowest BCUT2D eigenvalue weighted by molar-refractivity contribution is 0.0984. The van der Waals surface area contributed by atoms with Crippen molar-refractivity contribution in [3.05, 3.63) is 94.5 Å². The second-order valence-corrected chi connectivity index (χ2v) is 8.99. The first-order valence-corrected chi connectivity index (χ1v) is 11.5. The zero-order valence-electron chi connectivity index (χ0n) is 17.9. The number of hydrogen-bond donors (Lipinski definition) is 0. The summed E-state index contributed by atoms with van der Waals surface area (Å²) < 4.78 is 6.46. The van der Waals surface area contributed by atoms with E-state index in [1.165, 1.54) is 11.3 Å². The average Bonchev–Trinajstić information content (AvgIpc) is 3.42. The molecule has 2 aromatic carbocycles. The van der Waals surface area contributed by atoms with Gasteiger partial charge in [0.2, 0.25) is 0 Å². The van der Waals surface area contributed by atoms with E-state index in [4.69, 9.17) is 21.1 Å². The highest BCUT2D eigenvalue weighted by Crippen LogP contribution is 2.36. The Bertz CT molecular complexity index is 1460. The van der Waals surface area contributed by atoms with Crippen LogP contribution in [0.4, 0.5) is 5.13 Å². The quantitative estimate of drug-likeness (QED) is 0.292. The highest BCUT2D eigenvalue weighted by atomic mass is 35.5. The molecule has 3 heterocycles. The summed E-state index contributed by atoms with van der Waals surface area (Å²) >= 11 is 7.88. The van der Waals surface area contributed by atoms with E-state index in [1.54, 1.807) is 24.1 Å². The summed E-state index contributed by atoms with van der Waals surface area (Å²) in [6, 6.07) is 18.9. The first kappa shape index (κ1) is 21.3. The van der Waals surface area contributed by atoms with Crippen LogP contribution in [0.5, 0.6) is 0 Å². The van der Waals surface area contributed by atoms with Gasteiger partial charge in [0.1, 0.15) is 17.0 Å². The number of thiazole rings is 1. The van der Waals surface area contributed by atoms with Crippen LogP contribution in [0.15, 0.2) is 71.4 Å². The summed E-state index contributed by atoms with van der Waals surface area (Å²) in [6.45, 7) is 3.99. The molecule has 0 aliphatic heterocycles. The van der Waals surface area contributed by atoms with Gasteiger partial charge in [-0.15, -0.1) is 0 Å². The van der Waals surface area contributed by atoms with Crippen molar-refractivity contribution < 1.29 is 9.32 Å². The van der Waals surface area contributed by atoms with Crippen molar-refractivity contribution in [2.24, 2.45) is 0 Å². The third-order valence-electron chi connectivity index (χ3n) is 5.34. The molecule has 3 aromatic heterocycles. The largest absolute Gasteiger partial charge is 0.360 e. The van der Waals surface area contributed by atoms with Crippen molar-refractivity contribution in [2.75, 3.05) is 4.90 Å². The third-order valence-corrected chi connectivity index (χ3v) is 6.71. The summed E-state index contributed by atoms with van der Waals surface area (Å²) in [5, 5.41) is 5.24. The molecule has 33 heavy (non-hydrogen) atoms. The normalized spacial score (nSPS) is 11.1. The molecule has 0 spiro atoms. The molecule has 6 nitrogen and oxygen atoms in total. The SMILES string of the molecule is Cc1onc(-c2ccccc2Cl)c1C(=O)N(Cc1ccccn1)c1nc2c(C)cccc2s1. The zero-order valence-corrected chi connectivity index (χ0v) is 19.5. The predicted molar refractivity (Wildman–Crippen MR) is 131 cm³/mol. The Balaban J connectivity index is 1.64. The topological polar surface area (TPSA) is 72.1 Å². The first-order valence-electron chi connectivity index (χ1n) is 10.3. The minimum atomic E-state index is -0.272. The van der Waals surface area contributed by atoms with Crippen molar-refractivity contribution >= 4 is 44.2 Å². The van der Waals surface area contributed by atoms with Gasteiger partial charge in [0, 0.05) is 11.8 Å². The smallest absolute Gasteiger partial charge is 0.266 e. The third kappa shape index (κ3) is 4.01. The van der Waals surface area contributed by atoms with Crippen LogP contribution in [-0.4, -0.2) is 21.0 Å². The maximum absolute atomic E-state index is 14.0. The van der Waals surface area contributed by atoms with Gasteiger partial charge in [-0.1, -0.05) is 64.5 Å². The molecule has 0 atom stereocenters. The number of rotatable bonds is 5. The van der Waals surface area contributed by atoms with E-state index in [0.717, 1.165) is 21.5 Å². The van der Waals surface area contributed by atoms with Crippen molar-refractivity contribution in [3.63, 3.8) is 0 Å². The summed E-state index contributed by atoms with van der Waals surface area (Å²) in [6.07, 6.45) is 1.71. The molecule has 0 saturated heterocycles. The summed E-state index contributed by atoms with van der Waals surface area (Å²) in [7, 11) is 0. The molecule has 0 radical (unpaired) electrons. The molecular weight excluding hydrogens is 456 g/mol. The van der Waals surface area contributed by atoms with E-state index in [-0.39, 0.29) is 12.5 Å². The molecule has 0 unspecified atom stereocenters. The Kier molecular flexibility index (Phi) is 5.66. The Labute approximate surface area is 199 Å². The van der Waals surface area contributed by atoms with Crippen LogP contribution in [0, 0.1) is 13.8 Å². The minimum absolute atomic E-state index is 0.255. The number of nitrogens with zero attached hydrogens (tertiary/aromatic N) is 4. The fraction of sp³-hybridized carbons (Fsp3) is 0.120. The summed E-state index contributed by atoms with van der Waals surface area (Å²) in [5.41, 5.74) is 4.08. The molecule has 0 saturated carbocycles. The van der Waals surface area contributed by atoms with E-state index in [9.17, 15) is 4.79 Å². The van der Waals surface area contributed by atoms with Gasteiger partial charge in [-0.3, -0.25) is 14.7 Å². The van der Waals surface area contributed by atoms with Crippen LogP contribution in [0.2, 0.25) is 5.02 Å². The Hall–Kier alpha value is -3.55.